The summed E-state index contributed by atoms with van der Waals surface area (Å²) in [4.78, 5) is 15.1. The van der Waals surface area contributed by atoms with Crippen LogP contribution in [0.5, 0.6) is 5.75 Å². The van der Waals surface area contributed by atoms with E-state index in [1.807, 2.05) is 24.3 Å². The van der Waals surface area contributed by atoms with Crippen LogP contribution in [0.15, 0.2) is 24.3 Å². The lowest BCUT2D eigenvalue weighted by Crippen LogP contribution is -2.55. The minimum absolute atomic E-state index is 0.116. The standard InChI is InChI=1S/C21H33N3O2/c22-12-15-26-19-8-6-18(7-9-19)16-20(25)23-17-21(10-2-1-3-11-21)24-13-4-5-14-24/h6-9H,1-5,10-17,22H2,(H,23,25). The summed E-state index contributed by atoms with van der Waals surface area (Å²) in [5.41, 5.74) is 6.66. The number of hydrogen-bond acceptors (Lipinski definition) is 4. The van der Waals surface area contributed by atoms with E-state index in [-0.39, 0.29) is 11.4 Å². The Morgan fingerprint density at radius 3 is 2.42 bits per heavy atom. The quantitative estimate of drug-likeness (QED) is 0.748. The number of carbonyl (C=O) groups is 1. The smallest absolute Gasteiger partial charge is 0.224 e. The molecule has 3 rings (SSSR count). The van der Waals surface area contributed by atoms with Gasteiger partial charge >= 0.3 is 0 Å². The van der Waals surface area contributed by atoms with E-state index in [0.717, 1.165) is 17.9 Å². The number of nitrogens with one attached hydrogen (secondary N) is 1. The van der Waals surface area contributed by atoms with Crippen molar-refractivity contribution in [3.8, 4) is 5.75 Å². The van der Waals surface area contributed by atoms with Crippen molar-refractivity contribution in [2.45, 2.75) is 56.9 Å². The van der Waals surface area contributed by atoms with E-state index in [1.54, 1.807) is 0 Å². The summed E-state index contributed by atoms with van der Waals surface area (Å²) in [5.74, 6) is 0.916. The number of carbonyl (C=O) groups excluding carboxylic acids is 1. The number of benzene rings is 1. The summed E-state index contributed by atoms with van der Waals surface area (Å²) in [7, 11) is 0. The van der Waals surface area contributed by atoms with Crippen molar-refractivity contribution in [1.82, 2.24) is 10.2 Å². The number of nitrogens with two attached hydrogens (primary N) is 1. The molecule has 2 aliphatic rings. The fraction of sp³-hybridized carbons (Fsp3) is 0.667. The number of amides is 1. The molecule has 0 radical (unpaired) electrons. The van der Waals surface area contributed by atoms with E-state index in [1.165, 1.54) is 58.0 Å². The van der Waals surface area contributed by atoms with E-state index >= 15 is 0 Å². The van der Waals surface area contributed by atoms with Crippen LogP contribution in [0.3, 0.4) is 0 Å². The molecule has 1 aliphatic carbocycles. The Morgan fingerprint density at radius 2 is 1.77 bits per heavy atom. The maximum absolute atomic E-state index is 12.5. The van der Waals surface area contributed by atoms with Crippen LogP contribution in [0.4, 0.5) is 0 Å². The molecule has 0 atom stereocenters. The summed E-state index contributed by atoms with van der Waals surface area (Å²) in [5, 5.41) is 3.24. The molecule has 0 aromatic heterocycles. The van der Waals surface area contributed by atoms with Crippen LogP contribution in [0.2, 0.25) is 0 Å². The van der Waals surface area contributed by atoms with Gasteiger partial charge in [0.2, 0.25) is 5.91 Å². The Hall–Kier alpha value is -1.59. The maximum atomic E-state index is 12.5. The first-order valence-corrected chi connectivity index (χ1v) is 10.2. The van der Waals surface area contributed by atoms with E-state index in [2.05, 4.69) is 10.2 Å². The van der Waals surface area contributed by atoms with Crippen molar-refractivity contribution in [2.24, 2.45) is 5.73 Å². The van der Waals surface area contributed by atoms with Gasteiger partial charge in [0.1, 0.15) is 12.4 Å². The Labute approximate surface area is 157 Å². The SMILES string of the molecule is NCCOc1ccc(CC(=O)NCC2(N3CCCC3)CCCCC2)cc1. The van der Waals surface area contributed by atoms with Crippen molar-refractivity contribution in [2.75, 3.05) is 32.8 Å². The van der Waals surface area contributed by atoms with Gasteiger partial charge in [-0.25, -0.2) is 0 Å². The average Bonchev–Trinajstić information content (AvgIpc) is 3.22. The van der Waals surface area contributed by atoms with Crippen molar-refractivity contribution in [3.05, 3.63) is 29.8 Å². The lowest BCUT2D eigenvalue weighted by Gasteiger charge is -2.45. The summed E-state index contributed by atoms with van der Waals surface area (Å²) >= 11 is 0. The molecule has 1 aliphatic heterocycles. The fourth-order valence-electron chi connectivity index (χ4n) is 4.40. The van der Waals surface area contributed by atoms with Gasteiger partial charge in [-0.2, -0.15) is 0 Å². The Kier molecular flexibility index (Phi) is 6.92. The van der Waals surface area contributed by atoms with Gasteiger partial charge in [0.15, 0.2) is 0 Å². The average molecular weight is 360 g/mol. The first-order valence-electron chi connectivity index (χ1n) is 10.2. The number of ether oxygens (including phenoxy) is 1. The van der Waals surface area contributed by atoms with Crippen LogP contribution >= 0.6 is 0 Å². The van der Waals surface area contributed by atoms with Gasteiger partial charge in [-0.15, -0.1) is 0 Å². The van der Waals surface area contributed by atoms with Crippen molar-refractivity contribution >= 4 is 5.91 Å². The lowest BCUT2D eigenvalue weighted by atomic mass is 9.80. The van der Waals surface area contributed by atoms with Gasteiger partial charge in [-0.3, -0.25) is 9.69 Å². The molecule has 0 unspecified atom stereocenters. The molecule has 1 saturated heterocycles. The Morgan fingerprint density at radius 1 is 1.08 bits per heavy atom. The number of likely N-dealkylation sites (tertiary alicyclic amines) is 1. The third-order valence-electron chi connectivity index (χ3n) is 5.85. The highest BCUT2D eigenvalue weighted by Crippen LogP contribution is 2.35. The van der Waals surface area contributed by atoms with Gasteiger partial charge in [0, 0.05) is 18.6 Å². The Balaban J connectivity index is 1.51. The predicted molar refractivity (Wildman–Crippen MR) is 104 cm³/mol. The van der Waals surface area contributed by atoms with Crippen LogP contribution in [-0.2, 0) is 11.2 Å². The normalized spacial score (nSPS) is 20.0. The zero-order valence-corrected chi connectivity index (χ0v) is 15.8. The first kappa shape index (κ1) is 19.2. The summed E-state index contributed by atoms with van der Waals surface area (Å²) in [6, 6.07) is 7.74. The zero-order valence-electron chi connectivity index (χ0n) is 15.8. The zero-order chi connectivity index (χ0) is 18.2. The fourth-order valence-corrected chi connectivity index (χ4v) is 4.40. The molecule has 5 heteroatoms. The van der Waals surface area contributed by atoms with Gasteiger partial charge in [-0.05, 0) is 56.5 Å². The molecule has 26 heavy (non-hydrogen) atoms. The second kappa shape index (κ2) is 9.38. The molecule has 1 aromatic carbocycles. The topological polar surface area (TPSA) is 67.6 Å². The molecule has 2 fully saturated rings. The number of hydrogen-bond donors (Lipinski definition) is 2. The molecule has 0 bridgehead atoms. The molecule has 0 spiro atoms. The van der Waals surface area contributed by atoms with Crippen LogP contribution in [0.25, 0.3) is 0 Å². The van der Waals surface area contributed by atoms with Crippen LogP contribution in [-0.4, -0.2) is 49.1 Å². The molecular weight excluding hydrogens is 326 g/mol. The Bertz CT molecular complexity index is 561. The highest BCUT2D eigenvalue weighted by molar-refractivity contribution is 5.78. The number of rotatable bonds is 8. The van der Waals surface area contributed by atoms with Gasteiger partial charge in [0.05, 0.1) is 6.42 Å². The first-order chi connectivity index (χ1) is 12.7. The second-order valence-corrected chi connectivity index (χ2v) is 7.71. The van der Waals surface area contributed by atoms with E-state index in [9.17, 15) is 4.79 Å². The van der Waals surface area contributed by atoms with Gasteiger partial charge in [0.25, 0.3) is 0 Å². The van der Waals surface area contributed by atoms with E-state index in [4.69, 9.17) is 10.5 Å². The summed E-state index contributed by atoms with van der Waals surface area (Å²) < 4.78 is 5.48. The van der Waals surface area contributed by atoms with Crippen molar-refractivity contribution < 1.29 is 9.53 Å². The van der Waals surface area contributed by atoms with Crippen molar-refractivity contribution in [1.29, 1.82) is 0 Å². The maximum Gasteiger partial charge on any atom is 0.224 e. The molecule has 1 heterocycles. The second-order valence-electron chi connectivity index (χ2n) is 7.71. The summed E-state index contributed by atoms with van der Waals surface area (Å²) in [6.07, 6.45) is 9.38. The highest BCUT2D eigenvalue weighted by atomic mass is 16.5. The monoisotopic (exact) mass is 359 g/mol. The van der Waals surface area contributed by atoms with Crippen molar-refractivity contribution in [3.63, 3.8) is 0 Å². The lowest BCUT2D eigenvalue weighted by molar-refractivity contribution is -0.121. The minimum Gasteiger partial charge on any atom is -0.492 e. The third-order valence-corrected chi connectivity index (χ3v) is 5.85. The molecule has 1 amide bonds. The number of nitrogens with zero attached hydrogens (tertiary/aromatic N) is 1. The molecule has 3 N–H and O–H groups in total. The van der Waals surface area contributed by atoms with Gasteiger partial charge in [-0.1, -0.05) is 31.4 Å². The minimum atomic E-state index is 0.116. The third kappa shape index (κ3) is 4.98. The predicted octanol–water partition coefficient (Wildman–Crippen LogP) is 2.48. The largest absolute Gasteiger partial charge is 0.492 e. The van der Waals surface area contributed by atoms with E-state index < -0.39 is 0 Å². The van der Waals surface area contributed by atoms with Gasteiger partial charge < -0.3 is 15.8 Å². The molecule has 144 valence electrons. The van der Waals surface area contributed by atoms with E-state index in [0.29, 0.717) is 19.6 Å². The summed E-state index contributed by atoms with van der Waals surface area (Å²) in [6.45, 7) is 4.20. The highest BCUT2D eigenvalue weighted by Gasteiger charge is 2.39. The van der Waals surface area contributed by atoms with Crippen LogP contribution < -0.4 is 15.8 Å². The molecule has 1 saturated carbocycles. The van der Waals surface area contributed by atoms with Crippen LogP contribution in [0.1, 0.15) is 50.5 Å². The molecular formula is C21H33N3O2. The molecule has 1 aromatic rings. The molecule has 5 nitrogen and oxygen atoms in total. The van der Waals surface area contributed by atoms with Crippen LogP contribution in [0, 0.1) is 0 Å².